The number of allylic oxidation sites excluding steroid dienone is 1. The van der Waals surface area contributed by atoms with E-state index in [4.69, 9.17) is 14.6 Å². The van der Waals surface area contributed by atoms with Crippen LogP contribution in [0.25, 0.3) is 6.08 Å². The Morgan fingerprint density at radius 3 is 2.25 bits per heavy atom. The van der Waals surface area contributed by atoms with Gasteiger partial charge in [0.15, 0.2) is 5.78 Å². The molecule has 0 aliphatic carbocycles. The molecule has 0 fully saturated rings. The molecule has 2 rings (SSSR count). The number of methoxy groups -OCH3 is 2. The molecule has 0 spiro atoms. The van der Waals surface area contributed by atoms with Gasteiger partial charge in [0.25, 0.3) is 0 Å². The van der Waals surface area contributed by atoms with Crippen molar-refractivity contribution < 1.29 is 24.2 Å². The lowest BCUT2D eigenvalue weighted by molar-refractivity contribution is 0.0693. The van der Waals surface area contributed by atoms with Crippen molar-refractivity contribution in [3.63, 3.8) is 0 Å². The molecule has 0 aliphatic rings. The largest absolute Gasteiger partial charge is 0.496 e. The third kappa shape index (κ3) is 3.81. The third-order valence-corrected chi connectivity index (χ3v) is 3.87. The SMILES string of the molecule is COc1cc(OC)c(/C=C/C(=O)c2ccccc2C(=O)O)cc1P. The fourth-order valence-electron chi connectivity index (χ4n) is 2.22. The summed E-state index contributed by atoms with van der Waals surface area (Å²) in [6.07, 6.45) is 2.92. The summed E-state index contributed by atoms with van der Waals surface area (Å²) in [5, 5.41) is 9.98. The van der Waals surface area contributed by atoms with Crippen LogP contribution >= 0.6 is 9.24 Å². The van der Waals surface area contributed by atoms with Crippen molar-refractivity contribution in [2.75, 3.05) is 14.2 Å². The van der Waals surface area contributed by atoms with E-state index >= 15 is 0 Å². The second kappa shape index (κ2) is 7.75. The van der Waals surface area contributed by atoms with Gasteiger partial charge in [0.1, 0.15) is 11.5 Å². The van der Waals surface area contributed by atoms with Crippen LogP contribution in [-0.2, 0) is 0 Å². The highest BCUT2D eigenvalue weighted by Gasteiger charge is 2.14. The lowest BCUT2D eigenvalue weighted by Crippen LogP contribution is -2.06. The number of ether oxygens (including phenoxy) is 2. The van der Waals surface area contributed by atoms with Crippen LogP contribution in [0, 0.1) is 0 Å². The van der Waals surface area contributed by atoms with Crippen molar-refractivity contribution in [1.82, 2.24) is 0 Å². The van der Waals surface area contributed by atoms with Gasteiger partial charge in [-0.05, 0) is 24.3 Å². The minimum atomic E-state index is -1.14. The van der Waals surface area contributed by atoms with Crippen molar-refractivity contribution >= 4 is 32.4 Å². The highest BCUT2D eigenvalue weighted by atomic mass is 31.0. The Labute approximate surface area is 142 Å². The summed E-state index contributed by atoms with van der Waals surface area (Å²) in [4.78, 5) is 23.5. The Bertz CT molecular complexity index is 811. The molecular formula is C18H17O5P. The molecule has 1 N–H and O–H groups in total. The van der Waals surface area contributed by atoms with Crippen molar-refractivity contribution in [2.45, 2.75) is 0 Å². The van der Waals surface area contributed by atoms with Gasteiger partial charge < -0.3 is 14.6 Å². The molecular weight excluding hydrogens is 327 g/mol. The molecule has 0 saturated heterocycles. The first kappa shape index (κ1) is 17.7. The van der Waals surface area contributed by atoms with E-state index in [2.05, 4.69) is 9.24 Å². The summed E-state index contributed by atoms with van der Waals surface area (Å²) >= 11 is 0. The maximum Gasteiger partial charge on any atom is 0.336 e. The lowest BCUT2D eigenvalue weighted by Gasteiger charge is -2.10. The maximum absolute atomic E-state index is 12.3. The second-order valence-electron chi connectivity index (χ2n) is 4.88. The number of ketones is 1. The van der Waals surface area contributed by atoms with Gasteiger partial charge in [0.05, 0.1) is 19.8 Å². The smallest absolute Gasteiger partial charge is 0.336 e. The second-order valence-corrected chi connectivity index (χ2v) is 5.51. The minimum Gasteiger partial charge on any atom is -0.496 e. The monoisotopic (exact) mass is 344 g/mol. The molecule has 0 aliphatic heterocycles. The molecule has 124 valence electrons. The fourth-order valence-corrected chi connectivity index (χ4v) is 2.60. The molecule has 0 bridgehead atoms. The molecule has 1 atom stereocenters. The van der Waals surface area contributed by atoms with Gasteiger partial charge in [0, 0.05) is 22.5 Å². The third-order valence-electron chi connectivity index (χ3n) is 3.42. The van der Waals surface area contributed by atoms with E-state index in [1.54, 1.807) is 37.5 Å². The number of carboxylic acids is 1. The molecule has 2 aromatic rings. The van der Waals surface area contributed by atoms with Gasteiger partial charge in [-0.1, -0.05) is 18.2 Å². The van der Waals surface area contributed by atoms with E-state index < -0.39 is 11.8 Å². The number of carboxylic acid groups (broad SMARTS) is 1. The van der Waals surface area contributed by atoms with Crippen LogP contribution in [0.15, 0.2) is 42.5 Å². The van der Waals surface area contributed by atoms with Gasteiger partial charge in [0.2, 0.25) is 0 Å². The van der Waals surface area contributed by atoms with Crippen LogP contribution in [0.2, 0.25) is 0 Å². The zero-order valence-corrected chi connectivity index (χ0v) is 14.4. The number of aromatic carboxylic acids is 1. The molecule has 1 unspecified atom stereocenters. The molecule has 6 heteroatoms. The zero-order chi connectivity index (χ0) is 17.7. The van der Waals surface area contributed by atoms with E-state index in [0.29, 0.717) is 17.1 Å². The van der Waals surface area contributed by atoms with E-state index in [9.17, 15) is 9.59 Å². The number of rotatable bonds is 6. The normalized spacial score (nSPS) is 10.6. The lowest BCUT2D eigenvalue weighted by atomic mass is 10.0. The van der Waals surface area contributed by atoms with Crippen molar-refractivity contribution in [1.29, 1.82) is 0 Å². The molecule has 24 heavy (non-hydrogen) atoms. The Balaban J connectivity index is 2.36. The average Bonchev–Trinajstić information content (AvgIpc) is 2.59. The summed E-state index contributed by atoms with van der Waals surface area (Å²) in [6, 6.07) is 9.62. The van der Waals surface area contributed by atoms with Crippen LogP contribution < -0.4 is 14.8 Å². The van der Waals surface area contributed by atoms with Crippen LogP contribution in [0.5, 0.6) is 11.5 Å². The predicted molar refractivity (Wildman–Crippen MR) is 95.7 cm³/mol. The van der Waals surface area contributed by atoms with Crippen LogP contribution in [0.3, 0.4) is 0 Å². The Hall–Kier alpha value is -2.65. The topological polar surface area (TPSA) is 72.8 Å². The summed E-state index contributed by atoms with van der Waals surface area (Å²) in [5.41, 5.74) is 0.796. The van der Waals surface area contributed by atoms with E-state index in [1.165, 1.54) is 25.3 Å². The number of hydrogen-bond donors (Lipinski definition) is 1. The Morgan fingerprint density at radius 1 is 1.04 bits per heavy atom. The Kier molecular flexibility index (Phi) is 5.72. The predicted octanol–water partition coefficient (Wildman–Crippen LogP) is 2.80. The van der Waals surface area contributed by atoms with E-state index in [1.807, 2.05) is 0 Å². The molecule has 2 aromatic carbocycles. The first-order chi connectivity index (χ1) is 11.5. The van der Waals surface area contributed by atoms with Gasteiger partial charge >= 0.3 is 5.97 Å². The van der Waals surface area contributed by atoms with Gasteiger partial charge in [-0.15, -0.1) is 9.24 Å². The molecule has 0 heterocycles. The summed E-state index contributed by atoms with van der Waals surface area (Å²) in [6.45, 7) is 0. The Morgan fingerprint density at radius 2 is 1.67 bits per heavy atom. The quantitative estimate of drug-likeness (QED) is 0.496. The highest BCUT2D eigenvalue weighted by Crippen LogP contribution is 2.26. The number of hydrogen-bond acceptors (Lipinski definition) is 4. The van der Waals surface area contributed by atoms with Crippen LogP contribution in [0.1, 0.15) is 26.3 Å². The zero-order valence-electron chi connectivity index (χ0n) is 13.3. The first-order valence-corrected chi connectivity index (χ1v) is 7.62. The molecule has 0 radical (unpaired) electrons. The van der Waals surface area contributed by atoms with Crippen molar-refractivity contribution in [3.8, 4) is 11.5 Å². The first-order valence-electron chi connectivity index (χ1n) is 7.04. The van der Waals surface area contributed by atoms with Crippen molar-refractivity contribution in [3.05, 3.63) is 59.2 Å². The van der Waals surface area contributed by atoms with Gasteiger partial charge in [-0.25, -0.2) is 4.79 Å². The molecule has 5 nitrogen and oxygen atoms in total. The average molecular weight is 344 g/mol. The number of carbonyl (C=O) groups excluding carboxylic acids is 1. The minimum absolute atomic E-state index is 0.0272. The van der Waals surface area contributed by atoms with Crippen molar-refractivity contribution in [2.24, 2.45) is 0 Å². The van der Waals surface area contributed by atoms with Crippen LogP contribution in [0.4, 0.5) is 0 Å². The molecule has 0 saturated carbocycles. The summed E-state index contributed by atoms with van der Waals surface area (Å²) in [5.74, 6) is -0.331. The van der Waals surface area contributed by atoms with Crippen LogP contribution in [-0.4, -0.2) is 31.1 Å². The van der Waals surface area contributed by atoms with Gasteiger partial charge in [-0.3, -0.25) is 4.79 Å². The highest BCUT2D eigenvalue weighted by molar-refractivity contribution is 7.27. The summed E-state index contributed by atoms with van der Waals surface area (Å²) < 4.78 is 10.5. The van der Waals surface area contributed by atoms with E-state index in [-0.39, 0.29) is 11.1 Å². The standard InChI is InChI=1S/C18H17O5P/c1-22-15-10-16(23-2)17(24)9-11(15)7-8-14(19)12-5-3-4-6-13(12)18(20)21/h3-10H,24H2,1-2H3,(H,20,21)/b8-7+. The maximum atomic E-state index is 12.3. The fraction of sp³-hybridized carbons (Fsp3) is 0.111. The molecule has 0 amide bonds. The molecule has 0 aromatic heterocycles. The summed E-state index contributed by atoms with van der Waals surface area (Å²) in [7, 11) is 5.63. The number of carbonyl (C=O) groups is 2. The number of benzene rings is 2. The van der Waals surface area contributed by atoms with Gasteiger partial charge in [-0.2, -0.15) is 0 Å². The van der Waals surface area contributed by atoms with E-state index in [0.717, 1.165) is 5.30 Å².